The number of amides is 1. The molecule has 1 unspecified atom stereocenters. The first-order valence-electron chi connectivity index (χ1n) is 7.39. The zero-order valence-corrected chi connectivity index (χ0v) is 11.9. The molecule has 1 N–H and O–H groups in total. The molecule has 21 heavy (non-hydrogen) atoms. The fourth-order valence-corrected chi connectivity index (χ4v) is 2.82. The molecule has 1 fully saturated rings. The molecule has 0 aromatic heterocycles. The van der Waals surface area contributed by atoms with Gasteiger partial charge in [0.2, 0.25) is 5.91 Å². The summed E-state index contributed by atoms with van der Waals surface area (Å²) in [5.41, 5.74) is 3.66. The van der Waals surface area contributed by atoms with Crippen LogP contribution in [-0.2, 0) is 11.2 Å². The molecule has 0 radical (unpaired) electrons. The third-order valence-corrected chi connectivity index (χ3v) is 4.12. The van der Waals surface area contributed by atoms with Crippen LogP contribution >= 0.6 is 0 Å². The number of carbonyl (C=O) groups excluding carboxylic acids is 1. The van der Waals surface area contributed by atoms with E-state index in [1.165, 1.54) is 16.7 Å². The lowest BCUT2D eigenvalue weighted by atomic mass is 10.0. The van der Waals surface area contributed by atoms with E-state index in [-0.39, 0.29) is 11.9 Å². The molecule has 108 valence electrons. The zero-order valence-electron chi connectivity index (χ0n) is 11.9. The van der Waals surface area contributed by atoms with Gasteiger partial charge in [-0.05, 0) is 36.0 Å². The van der Waals surface area contributed by atoms with Crippen LogP contribution in [0.3, 0.4) is 0 Å². The van der Waals surface area contributed by atoms with Crippen molar-refractivity contribution >= 4 is 5.91 Å². The Morgan fingerprint density at radius 1 is 1.00 bits per heavy atom. The Kier molecular flexibility index (Phi) is 4.02. The van der Waals surface area contributed by atoms with Crippen LogP contribution in [0.15, 0.2) is 54.6 Å². The topological polar surface area (TPSA) is 40.5 Å². The Morgan fingerprint density at radius 2 is 1.67 bits per heavy atom. The van der Waals surface area contributed by atoms with E-state index in [9.17, 15) is 10.0 Å². The first kappa shape index (κ1) is 13.8. The van der Waals surface area contributed by atoms with Crippen molar-refractivity contribution in [1.29, 1.82) is 0 Å². The second-order valence-electron chi connectivity index (χ2n) is 5.53. The highest BCUT2D eigenvalue weighted by atomic mass is 16.5. The maximum absolute atomic E-state index is 11.3. The van der Waals surface area contributed by atoms with Crippen molar-refractivity contribution in [2.45, 2.75) is 31.7 Å². The minimum Gasteiger partial charge on any atom is -0.286 e. The molecule has 1 saturated heterocycles. The van der Waals surface area contributed by atoms with Crippen molar-refractivity contribution in [2.75, 3.05) is 0 Å². The Hall–Kier alpha value is -2.13. The number of hydrogen-bond donors (Lipinski definition) is 1. The Morgan fingerprint density at radius 3 is 2.29 bits per heavy atom. The maximum Gasteiger partial charge on any atom is 0.246 e. The van der Waals surface area contributed by atoms with E-state index < -0.39 is 0 Å². The lowest BCUT2D eigenvalue weighted by Crippen LogP contribution is -2.29. The number of rotatable bonds is 4. The second kappa shape index (κ2) is 6.10. The molecule has 0 spiro atoms. The van der Waals surface area contributed by atoms with Gasteiger partial charge in [0.05, 0.1) is 6.04 Å². The van der Waals surface area contributed by atoms with Crippen LogP contribution in [0.5, 0.6) is 0 Å². The Bertz CT molecular complexity index is 607. The number of hydrogen-bond acceptors (Lipinski definition) is 2. The van der Waals surface area contributed by atoms with Crippen LogP contribution in [0.25, 0.3) is 11.1 Å². The van der Waals surface area contributed by atoms with Gasteiger partial charge in [-0.3, -0.25) is 10.0 Å². The minimum atomic E-state index is -0.153. The van der Waals surface area contributed by atoms with Gasteiger partial charge < -0.3 is 0 Å². The molecule has 3 heteroatoms. The normalized spacial score (nSPS) is 18.2. The molecule has 0 aliphatic carbocycles. The van der Waals surface area contributed by atoms with E-state index in [1.54, 1.807) is 0 Å². The van der Waals surface area contributed by atoms with Crippen molar-refractivity contribution in [3.8, 4) is 11.1 Å². The van der Waals surface area contributed by atoms with E-state index in [1.807, 2.05) is 18.2 Å². The zero-order chi connectivity index (χ0) is 14.7. The minimum absolute atomic E-state index is 0.0219. The summed E-state index contributed by atoms with van der Waals surface area (Å²) in [4.78, 5) is 11.3. The summed E-state index contributed by atoms with van der Waals surface area (Å²) in [6, 6.07) is 18.8. The highest BCUT2D eigenvalue weighted by Gasteiger charge is 2.29. The van der Waals surface area contributed by atoms with E-state index in [2.05, 4.69) is 36.4 Å². The van der Waals surface area contributed by atoms with Crippen LogP contribution in [0.4, 0.5) is 0 Å². The van der Waals surface area contributed by atoms with Gasteiger partial charge in [-0.15, -0.1) is 0 Å². The molecule has 1 amide bonds. The SMILES string of the molecule is O=C1CCC(CCc2ccc(-c3ccccc3)cc2)N1O. The van der Waals surface area contributed by atoms with E-state index >= 15 is 0 Å². The average Bonchev–Trinajstić information content (AvgIpc) is 2.86. The fourth-order valence-electron chi connectivity index (χ4n) is 2.82. The molecule has 0 saturated carbocycles. The van der Waals surface area contributed by atoms with Crippen molar-refractivity contribution < 1.29 is 10.0 Å². The number of hydroxylamine groups is 2. The van der Waals surface area contributed by atoms with Gasteiger partial charge in [0.15, 0.2) is 0 Å². The summed E-state index contributed by atoms with van der Waals surface area (Å²) in [6.07, 6.45) is 2.92. The predicted octanol–water partition coefficient (Wildman–Crippen LogP) is 3.67. The summed E-state index contributed by atoms with van der Waals surface area (Å²) in [5, 5.41) is 10.5. The molecule has 1 heterocycles. The summed E-state index contributed by atoms with van der Waals surface area (Å²) >= 11 is 0. The summed E-state index contributed by atoms with van der Waals surface area (Å²) in [5.74, 6) is -0.153. The fraction of sp³-hybridized carbons (Fsp3) is 0.278. The van der Waals surface area contributed by atoms with Gasteiger partial charge in [-0.2, -0.15) is 0 Å². The van der Waals surface area contributed by atoms with E-state index in [0.717, 1.165) is 24.3 Å². The van der Waals surface area contributed by atoms with Gasteiger partial charge in [-0.1, -0.05) is 54.6 Å². The van der Waals surface area contributed by atoms with Gasteiger partial charge in [0.25, 0.3) is 0 Å². The third-order valence-electron chi connectivity index (χ3n) is 4.12. The molecule has 3 rings (SSSR count). The maximum atomic E-state index is 11.3. The monoisotopic (exact) mass is 281 g/mol. The van der Waals surface area contributed by atoms with Crippen LogP contribution in [0, 0.1) is 0 Å². The lowest BCUT2D eigenvalue weighted by molar-refractivity contribution is -0.165. The van der Waals surface area contributed by atoms with Gasteiger partial charge in [0, 0.05) is 6.42 Å². The van der Waals surface area contributed by atoms with Crippen LogP contribution in [-0.4, -0.2) is 22.2 Å². The first-order chi connectivity index (χ1) is 10.2. The Labute approximate surface area is 124 Å². The van der Waals surface area contributed by atoms with Crippen LogP contribution in [0.1, 0.15) is 24.8 Å². The number of nitrogens with zero attached hydrogens (tertiary/aromatic N) is 1. The van der Waals surface area contributed by atoms with Crippen LogP contribution < -0.4 is 0 Å². The lowest BCUT2D eigenvalue weighted by Gasteiger charge is -2.17. The second-order valence-corrected chi connectivity index (χ2v) is 5.53. The quantitative estimate of drug-likeness (QED) is 0.869. The smallest absolute Gasteiger partial charge is 0.246 e. The molecular weight excluding hydrogens is 262 g/mol. The molecule has 1 aliphatic heterocycles. The molecule has 2 aromatic carbocycles. The van der Waals surface area contributed by atoms with Gasteiger partial charge in [0.1, 0.15) is 0 Å². The molecule has 1 atom stereocenters. The van der Waals surface area contributed by atoms with Gasteiger partial charge >= 0.3 is 0 Å². The standard InChI is InChI=1S/C18H19NO2/c20-18-13-12-17(19(18)21)11-8-14-6-9-16(10-7-14)15-4-2-1-3-5-15/h1-7,9-10,17,21H,8,11-13H2. The number of aryl methyl sites for hydroxylation is 1. The summed E-state index contributed by atoms with van der Waals surface area (Å²) in [7, 11) is 0. The Balaban J connectivity index is 1.61. The highest BCUT2D eigenvalue weighted by Crippen LogP contribution is 2.23. The predicted molar refractivity (Wildman–Crippen MR) is 81.9 cm³/mol. The van der Waals surface area contributed by atoms with Crippen molar-refractivity contribution in [3.63, 3.8) is 0 Å². The van der Waals surface area contributed by atoms with Crippen molar-refractivity contribution in [2.24, 2.45) is 0 Å². The van der Waals surface area contributed by atoms with E-state index in [4.69, 9.17) is 0 Å². The summed E-state index contributed by atoms with van der Waals surface area (Å²) < 4.78 is 0. The average molecular weight is 281 g/mol. The summed E-state index contributed by atoms with van der Waals surface area (Å²) in [6.45, 7) is 0. The third kappa shape index (κ3) is 3.14. The van der Waals surface area contributed by atoms with Gasteiger partial charge in [-0.25, -0.2) is 5.06 Å². The van der Waals surface area contributed by atoms with E-state index in [0.29, 0.717) is 6.42 Å². The number of carbonyl (C=O) groups is 1. The first-order valence-corrected chi connectivity index (χ1v) is 7.39. The molecule has 1 aliphatic rings. The van der Waals surface area contributed by atoms with Crippen LogP contribution in [0.2, 0.25) is 0 Å². The number of benzene rings is 2. The molecule has 3 nitrogen and oxygen atoms in total. The molecule has 2 aromatic rings. The highest BCUT2D eigenvalue weighted by molar-refractivity contribution is 5.77. The molecule has 0 bridgehead atoms. The molecular formula is C18H19NO2. The van der Waals surface area contributed by atoms with Crippen molar-refractivity contribution in [1.82, 2.24) is 5.06 Å². The largest absolute Gasteiger partial charge is 0.286 e. The van der Waals surface area contributed by atoms with Crippen molar-refractivity contribution in [3.05, 3.63) is 60.2 Å².